The average Bonchev–Trinajstić information content (AvgIpc) is 2.94. The molecule has 3 rings (SSSR count). The highest BCUT2D eigenvalue weighted by Gasteiger charge is 2.32. The molecule has 0 spiro atoms. The standard InChI is InChI=1S/C18H17Cl2N3O3/c1-26-16-5-3-2-4-15(16)23-7-6-22(18(23)25)11-17(24)21-14-9-12(19)8-13(20)10-14/h2-5,8-10H,6-7,11H2,1H3,(H,21,24). The number of anilines is 2. The second-order valence-electron chi connectivity index (χ2n) is 5.73. The molecular weight excluding hydrogens is 377 g/mol. The molecule has 0 saturated carbocycles. The lowest BCUT2D eigenvalue weighted by Gasteiger charge is -2.20. The molecule has 26 heavy (non-hydrogen) atoms. The van der Waals surface area contributed by atoms with Crippen LogP contribution in [0.5, 0.6) is 5.75 Å². The summed E-state index contributed by atoms with van der Waals surface area (Å²) in [5.74, 6) is 0.291. The Balaban J connectivity index is 1.66. The van der Waals surface area contributed by atoms with Gasteiger partial charge < -0.3 is 15.0 Å². The van der Waals surface area contributed by atoms with Gasteiger partial charge in [-0.3, -0.25) is 9.69 Å². The zero-order valence-corrected chi connectivity index (χ0v) is 15.5. The van der Waals surface area contributed by atoms with E-state index in [1.807, 2.05) is 18.2 Å². The van der Waals surface area contributed by atoms with Crippen LogP contribution in [0, 0.1) is 0 Å². The molecule has 1 heterocycles. The highest BCUT2D eigenvalue weighted by atomic mass is 35.5. The van der Waals surface area contributed by atoms with Gasteiger partial charge in [-0.1, -0.05) is 35.3 Å². The van der Waals surface area contributed by atoms with Gasteiger partial charge in [0.05, 0.1) is 12.8 Å². The van der Waals surface area contributed by atoms with Crippen LogP contribution in [0.4, 0.5) is 16.2 Å². The number of rotatable bonds is 5. The van der Waals surface area contributed by atoms with E-state index in [1.54, 1.807) is 36.3 Å². The Labute approximate surface area is 161 Å². The number of amides is 3. The Bertz CT molecular complexity index is 824. The molecule has 0 unspecified atom stereocenters. The number of hydrogen-bond acceptors (Lipinski definition) is 3. The lowest BCUT2D eigenvalue weighted by atomic mass is 10.2. The maximum absolute atomic E-state index is 12.6. The van der Waals surface area contributed by atoms with Crippen molar-refractivity contribution in [1.29, 1.82) is 0 Å². The summed E-state index contributed by atoms with van der Waals surface area (Å²) in [6, 6.07) is 11.8. The Morgan fingerprint density at radius 3 is 2.54 bits per heavy atom. The monoisotopic (exact) mass is 393 g/mol. The summed E-state index contributed by atoms with van der Waals surface area (Å²) in [6.45, 7) is 0.866. The average molecular weight is 394 g/mol. The molecule has 3 amide bonds. The molecule has 2 aromatic rings. The smallest absolute Gasteiger partial charge is 0.325 e. The van der Waals surface area contributed by atoms with E-state index in [9.17, 15) is 9.59 Å². The van der Waals surface area contributed by atoms with Crippen molar-refractivity contribution >= 4 is 46.5 Å². The molecule has 0 radical (unpaired) electrons. The van der Waals surface area contributed by atoms with Crippen molar-refractivity contribution in [1.82, 2.24) is 4.90 Å². The number of nitrogens with zero attached hydrogens (tertiary/aromatic N) is 2. The number of nitrogens with one attached hydrogen (secondary N) is 1. The van der Waals surface area contributed by atoms with Crippen LogP contribution in [0.2, 0.25) is 10.0 Å². The van der Waals surface area contributed by atoms with Crippen LogP contribution in [-0.4, -0.2) is 43.6 Å². The number of ether oxygens (including phenoxy) is 1. The number of carbonyl (C=O) groups excluding carboxylic acids is 2. The summed E-state index contributed by atoms with van der Waals surface area (Å²) in [5, 5.41) is 3.55. The number of urea groups is 1. The minimum absolute atomic E-state index is 0.0609. The first-order valence-electron chi connectivity index (χ1n) is 7.93. The van der Waals surface area contributed by atoms with Crippen molar-refractivity contribution in [3.8, 4) is 5.75 Å². The van der Waals surface area contributed by atoms with Gasteiger partial charge >= 0.3 is 6.03 Å². The summed E-state index contributed by atoms with van der Waals surface area (Å²) >= 11 is 11.8. The zero-order chi connectivity index (χ0) is 18.7. The number of halogens is 2. The highest BCUT2D eigenvalue weighted by molar-refractivity contribution is 6.35. The quantitative estimate of drug-likeness (QED) is 0.837. The minimum atomic E-state index is -0.321. The normalized spacial score (nSPS) is 13.9. The highest BCUT2D eigenvalue weighted by Crippen LogP contribution is 2.30. The summed E-state index contributed by atoms with van der Waals surface area (Å²) in [6.07, 6.45) is 0. The molecule has 0 aliphatic carbocycles. The molecule has 0 aromatic heterocycles. The first-order valence-corrected chi connectivity index (χ1v) is 8.69. The van der Waals surface area contributed by atoms with Crippen molar-refractivity contribution < 1.29 is 14.3 Å². The van der Waals surface area contributed by atoms with Gasteiger partial charge in [0.25, 0.3) is 0 Å². The predicted octanol–water partition coefficient (Wildman–Crippen LogP) is 3.88. The Kier molecular flexibility index (Phi) is 5.54. The Morgan fingerprint density at radius 1 is 1.15 bits per heavy atom. The van der Waals surface area contributed by atoms with E-state index in [4.69, 9.17) is 27.9 Å². The third-order valence-electron chi connectivity index (χ3n) is 3.95. The van der Waals surface area contributed by atoms with Gasteiger partial charge in [0.1, 0.15) is 12.3 Å². The van der Waals surface area contributed by atoms with E-state index in [0.717, 1.165) is 0 Å². The summed E-state index contributed by atoms with van der Waals surface area (Å²) < 4.78 is 5.31. The van der Waals surface area contributed by atoms with E-state index in [1.165, 1.54) is 4.90 Å². The van der Waals surface area contributed by atoms with Gasteiger partial charge in [-0.2, -0.15) is 0 Å². The van der Waals surface area contributed by atoms with E-state index >= 15 is 0 Å². The molecule has 1 saturated heterocycles. The molecule has 6 nitrogen and oxygen atoms in total. The molecule has 0 atom stereocenters. The van der Waals surface area contributed by atoms with E-state index in [2.05, 4.69) is 5.32 Å². The Morgan fingerprint density at radius 2 is 1.85 bits per heavy atom. The molecule has 0 bridgehead atoms. The fourth-order valence-corrected chi connectivity index (χ4v) is 3.33. The van der Waals surface area contributed by atoms with E-state index in [0.29, 0.717) is 40.3 Å². The number of carbonyl (C=O) groups is 2. The molecule has 136 valence electrons. The van der Waals surface area contributed by atoms with Crippen molar-refractivity contribution in [3.05, 3.63) is 52.5 Å². The van der Waals surface area contributed by atoms with Gasteiger partial charge in [-0.25, -0.2) is 4.79 Å². The first-order chi connectivity index (χ1) is 12.5. The summed E-state index contributed by atoms with van der Waals surface area (Å²) in [5.41, 5.74) is 1.17. The van der Waals surface area contributed by atoms with Crippen molar-refractivity contribution in [2.75, 3.05) is 37.0 Å². The van der Waals surface area contributed by atoms with Gasteiger partial charge in [-0.05, 0) is 30.3 Å². The molecule has 1 N–H and O–H groups in total. The number of benzene rings is 2. The summed E-state index contributed by atoms with van der Waals surface area (Å²) in [7, 11) is 1.56. The summed E-state index contributed by atoms with van der Waals surface area (Å²) in [4.78, 5) is 28.0. The molecule has 1 fully saturated rings. The first kappa shape index (κ1) is 18.4. The maximum Gasteiger partial charge on any atom is 0.325 e. The van der Waals surface area contributed by atoms with Crippen molar-refractivity contribution in [2.24, 2.45) is 0 Å². The van der Waals surface area contributed by atoms with Crippen LogP contribution in [0.15, 0.2) is 42.5 Å². The van der Waals surface area contributed by atoms with Crippen LogP contribution in [0.1, 0.15) is 0 Å². The van der Waals surface area contributed by atoms with Gasteiger partial charge in [0.15, 0.2) is 0 Å². The van der Waals surface area contributed by atoms with Crippen LogP contribution >= 0.6 is 23.2 Å². The van der Waals surface area contributed by atoms with Gasteiger partial charge in [0.2, 0.25) is 5.91 Å². The third-order valence-corrected chi connectivity index (χ3v) is 4.39. The fourth-order valence-electron chi connectivity index (χ4n) is 2.81. The number of hydrogen-bond donors (Lipinski definition) is 1. The van der Waals surface area contributed by atoms with Crippen molar-refractivity contribution in [3.63, 3.8) is 0 Å². The Hall–Kier alpha value is -2.44. The molecular formula is C18H17Cl2N3O3. The number of para-hydroxylation sites is 2. The van der Waals surface area contributed by atoms with E-state index < -0.39 is 0 Å². The second-order valence-corrected chi connectivity index (χ2v) is 6.61. The van der Waals surface area contributed by atoms with Crippen molar-refractivity contribution in [2.45, 2.75) is 0 Å². The largest absolute Gasteiger partial charge is 0.495 e. The van der Waals surface area contributed by atoms with Crippen LogP contribution in [-0.2, 0) is 4.79 Å². The molecule has 1 aliphatic rings. The second kappa shape index (κ2) is 7.85. The van der Waals surface area contributed by atoms with Gasteiger partial charge in [0, 0.05) is 28.8 Å². The third kappa shape index (κ3) is 4.03. The minimum Gasteiger partial charge on any atom is -0.495 e. The topological polar surface area (TPSA) is 61.9 Å². The molecule has 1 aliphatic heterocycles. The van der Waals surface area contributed by atoms with Crippen LogP contribution in [0.25, 0.3) is 0 Å². The SMILES string of the molecule is COc1ccccc1N1CCN(CC(=O)Nc2cc(Cl)cc(Cl)c2)C1=O. The van der Waals surface area contributed by atoms with Gasteiger partial charge in [-0.15, -0.1) is 0 Å². The lowest BCUT2D eigenvalue weighted by molar-refractivity contribution is -0.116. The predicted molar refractivity (Wildman–Crippen MR) is 102 cm³/mol. The van der Waals surface area contributed by atoms with Crippen LogP contribution < -0.4 is 15.0 Å². The number of methoxy groups -OCH3 is 1. The fraction of sp³-hybridized carbons (Fsp3) is 0.222. The zero-order valence-electron chi connectivity index (χ0n) is 14.0. The van der Waals surface area contributed by atoms with Crippen LogP contribution in [0.3, 0.4) is 0 Å². The molecule has 2 aromatic carbocycles. The van der Waals surface area contributed by atoms with E-state index in [-0.39, 0.29) is 18.5 Å². The maximum atomic E-state index is 12.6. The molecule has 8 heteroatoms. The lowest BCUT2D eigenvalue weighted by Crippen LogP contribution is -2.37.